The van der Waals surface area contributed by atoms with Crippen molar-refractivity contribution in [1.29, 1.82) is 0 Å². The second-order valence-corrected chi connectivity index (χ2v) is 9.89. The molecule has 1 aromatic rings. The lowest BCUT2D eigenvalue weighted by molar-refractivity contribution is -0.116. The molecule has 0 N–H and O–H groups in total. The van der Waals surface area contributed by atoms with Crippen LogP contribution < -0.4 is 4.90 Å². The topological polar surface area (TPSA) is 20.3 Å². The van der Waals surface area contributed by atoms with Gasteiger partial charge in [0.1, 0.15) is 0 Å². The molecule has 3 heteroatoms. The molecule has 1 aliphatic heterocycles. The maximum absolute atomic E-state index is 12.6. The zero-order valence-corrected chi connectivity index (χ0v) is 16.6. The first kappa shape index (κ1) is 17.8. The molecule has 2 fully saturated rings. The summed E-state index contributed by atoms with van der Waals surface area (Å²) in [5.74, 6) is 2.39. The van der Waals surface area contributed by atoms with E-state index in [0.29, 0.717) is 22.5 Å². The van der Waals surface area contributed by atoms with Gasteiger partial charge in [0.25, 0.3) is 0 Å². The summed E-state index contributed by atoms with van der Waals surface area (Å²) in [7, 11) is 0. The van der Waals surface area contributed by atoms with E-state index in [9.17, 15) is 4.79 Å². The van der Waals surface area contributed by atoms with Crippen molar-refractivity contribution in [1.82, 2.24) is 0 Å². The highest BCUT2D eigenvalue weighted by Gasteiger charge is 2.41. The Kier molecular flexibility index (Phi) is 5.01. The standard InChI is InChI=1S/C21H31NOS/c1-14-10-15(2)12-18(11-14)22-19(23)13-24-20(22)16-6-8-17(9-7-16)21(3,4)5/h10-12,16-17,20H,6-9,13H2,1-5H3/t16?,17?,20-/m0/s1. The van der Waals surface area contributed by atoms with Crippen LogP contribution in [0.15, 0.2) is 18.2 Å². The molecule has 0 bridgehead atoms. The number of amides is 1. The van der Waals surface area contributed by atoms with Gasteiger partial charge in [0, 0.05) is 5.69 Å². The van der Waals surface area contributed by atoms with Gasteiger partial charge in [0.05, 0.1) is 11.1 Å². The van der Waals surface area contributed by atoms with Crippen molar-refractivity contribution < 1.29 is 4.79 Å². The Labute approximate surface area is 151 Å². The quantitative estimate of drug-likeness (QED) is 0.699. The zero-order valence-electron chi connectivity index (χ0n) is 15.8. The van der Waals surface area contributed by atoms with Crippen molar-refractivity contribution in [2.45, 2.75) is 65.7 Å². The molecule has 1 aromatic carbocycles. The largest absolute Gasteiger partial charge is 0.299 e. The zero-order chi connectivity index (χ0) is 17.5. The van der Waals surface area contributed by atoms with Crippen LogP contribution in [0.4, 0.5) is 5.69 Å². The maximum Gasteiger partial charge on any atom is 0.238 e. The van der Waals surface area contributed by atoms with Crippen LogP contribution in [0, 0.1) is 31.1 Å². The number of thioether (sulfide) groups is 1. The highest BCUT2D eigenvalue weighted by molar-refractivity contribution is 8.01. The van der Waals surface area contributed by atoms with Gasteiger partial charge < -0.3 is 0 Å². The van der Waals surface area contributed by atoms with Crippen LogP contribution >= 0.6 is 11.8 Å². The van der Waals surface area contributed by atoms with E-state index in [4.69, 9.17) is 0 Å². The predicted molar refractivity (Wildman–Crippen MR) is 105 cm³/mol. The van der Waals surface area contributed by atoms with Gasteiger partial charge in [-0.15, -0.1) is 11.8 Å². The van der Waals surface area contributed by atoms with Crippen LogP contribution in [-0.4, -0.2) is 17.0 Å². The molecule has 132 valence electrons. The molecule has 0 radical (unpaired) electrons. The number of rotatable bonds is 2. The lowest BCUT2D eigenvalue weighted by Gasteiger charge is -2.40. The summed E-state index contributed by atoms with van der Waals surface area (Å²) < 4.78 is 0. The molecule has 1 saturated heterocycles. The first-order valence-electron chi connectivity index (χ1n) is 9.27. The highest BCUT2D eigenvalue weighted by atomic mass is 32.2. The van der Waals surface area contributed by atoms with Crippen molar-refractivity contribution in [3.05, 3.63) is 29.3 Å². The fourth-order valence-corrected chi connectivity index (χ4v) is 5.83. The number of nitrogens with zero attached hydrogens (tertiary/aromatic N) is 1. The van der Waals surface area contributed by atoms with Gasteiger partial charge in [-0.3, -0.25) is 9.69 Å². The molecule has 24 heavy (non-hydrogen) atoms. The molecule has 0 aromatic heterocycles. The molecule has 1 heterocycles. The second kappa shape index (κ2) is 6.74. The third kappa shape index (κ3) is 3.66. The summed E-state index contributed by atoms with van der Waals surface area (Å²) in [4.78, 5) is 14.7. The molecule has 0 unspecified atom stereocenters. The minimum absolute atomic E-state index is 0.285. The average molecular weight is 346 g/mol. The van der Waals surface area contributed by atoms with Crippen LogP contribution in [-0.2, 0) is 4.79 Å². The third-order valence-electron chi connectivity index (χ3n) is 5.79. The Bertz CT molecular complexity index is 591. The van der Waals surface area contributed by atoms with E-state index in [2.05, 4.69) is 57.7 Å². The van der Waals surface area contributed by atoms with Gasteiger partial charge >= 0.3 is 0 Å². The van der Waals surface area contributed by atoms with Crippen molar-refractivity contribution in [3.8, 4) is 0 Å². The average Bonchev–Trinajstić information content (AvgIpc) is 2.87. The number of carbonyl (C=O) groups is 1. The summed E-state index contributed by atoms with van der Waals surface area (Å²) in [5.41, 5.74) is 4.00. The molecule has 3 rings (SSSR count). The minimum Gasteiger partial charge on any atom is -0.299 e. The Morgan fingerprint density at radius 2 is 1.58 bits per heavy atom. The van der Waals surface area contributed by atoms with Crippen LogP contribution in [0.1, 0.15) is 57.6 Å². The third-order valence-corrected chi connectivity index (χ3v) is 7.14. The summed E-state index contributed by atoms with van der Waals surface area (Å²) in [5, 5.41) is 0.333. The minimum atomic E-state index is 0.285. The number of anilines is 1. The van der Waals surface area contributed by atoms with Gasteiger partial charge in [0.2, 0.25) is 5.91 Å². The molecule has 0 spiro atoms. The predicted octanol–water partition coefficient (Wildman–Crippen LogP) is 5.56. The van der Waals surface area contributed by atoms with Crippen molar-refractivity contribution in [3.63, 3.8) is 0 Å². The number of hydrogen-bond acceptors (Lipinski definition) is 2. The van der Waals surface area contributed by atoms with E-state index in [1.807, 2.05) is 11.8 Å². The summed E-state index contributed by atoms with van der Waals surface area (Å²) in [6, 6.07) is 6.52. The fraction of sp³-hybridized carbons (Fsp3) is 0.667. The first-order chi connectivity index (χ1) is 11.3. The maximum atomic E-state index is 12.6. The number of hydrogen-bond donors (Lipinski definition) is 0. The van der Waals surface area contributed by atoms with E-state index in [-0.39, 0.29) is 5.91 Å². The molecule has 1 aliphatic carbocycles. The first-order valence-corrected chi connectivity index (χ1v) is 10.3. The number of aryl methyl sites for hydroxylation is 2. The van der Waals surface area contributed by atoms with E-state index in [1.165, 1.54) is 36.8 Å². The lowest BCUT2D eigenvalue weighted by Crippen LogP contribution is -2.40. The molecule has 2 aliphatic rings. The van der Waals surface area contributed by atoms with Crippen LogP contribution in [0.3, 0.4) is 0 Å². The summed E-state index contributed by atoms with van der Waals surface area (Å²) >= 11 is 1.86. The number of carbonyl (C=O) groups excluding carboxylic acids is 1. The van der Waals surface area contributed by atoms with Gasteiger partial charge in [0.15, 0.2) is 0 Å². The molecular formula is C21H31NOS. The van der Waals surface area contributed by atoms with E-state index < -0.39 is 0 Å². The molecule has 1 atom stereocenters. The molecule has 1 saturated carbocycles. The Hall–Kier alpha value is -0.960. The van der Waals surface area contributed by atoms with Gasteiger partial charge in [-0.1, -0.05) is 26.8 Å². The summed E-state index contributed by atoms with van der Waals surface area (Å²) in [6.07, 6.45) is 5.13. The van der Waals surface area contributed by atoms with Gasteiger partial charge in [-0.05, 0) is 80.0 Å². The van der Waals surface area contributed by atoms with Crippen LogP contribution in [0.25, 0.3) is 0 Å². The lowest BCUT2D eigenvalue weighted by atomic mass is 9.69. The SMILES string of the molecule is Cc1cc(C)cc(N2C(=O)CS[C@H]2C2CCC(C(C)(C)C)CC2)c1. The van der Waals surface area contributed by atoms with Crippen molar-refractivity contribution >= 4 is 23.4 Å². The van der Waals surface area contributed by atoms with Gasteiger partial charge in [-0.2, -0.15) is 0 Å². The van der Waals surface area contributed by atoms with E-state index >= 15 is 0 Å². The molecule has 2 nitrogen and oxygen atoms in total. The van der Waals surface area contributed by atoms with E-state index in [1.54, 1.807) is 0 Å². The monoisotopic (exact) mass is 345 g/mol. The van der Waals surface area contributed by atoms with Crippen molar-refractivity contribution in [2.24, 2.45) is 17.3 Å². The Balaban J connectivity index is 1.77. The summed E-state index contributed by atoms with van der Waals surface area (Å²) in [6.45, 7) is 11.3. The van der Waals surface area contributed by atoms with Crippen molar-refractivity contribution in [2.75, 3.05) is 10.7 Å². The van der Waals surface area contributed by atoms with Crippen LogP contribution in [0.2, 0.25) is 0 Å². The van der Waals surface area contributed by atoms with E-state index in [0.717, 1.165) is 11.6 Å². The second-order valence-electron chi connectivity index (χ2n) is 8.79. The molecule has 1 amide bonds. The van der Waals surface area contributed by atoms with Crippen LogP contribution in [0.5, 0.6) is 0 Å². The molecular weight excluding hydrogens is 314 g/mol. The fourth-order valence-electron chi connectivity index (χ4n) is 4.44. The highest BCUT2D eigenvalue weighted by Crippen LogP contribution is 2.45. The smallest absolute Gasteiger partial charge is 0.238 e. The van der Waals surface area contributed by atoms with Gasteiger partial charge in [-0.25, -0.2) is 0 Å². The Morgan fingerprint density at radius 1 is 1.00 bits per heavy atom. The number of benzene rings is 1. The normalized spacial score (nSPS) is 28.5. The Morgan fingerprint density at radius 3 is 2.12 bits per heavy atom.